The van der Waals surface area contributed by atoms with E-state index in [1.807, 2.05) is 0 Å². The first-order valence-corrected chi connectivity index (χ1v) is 19.3. The third kappa shape index (κ3) is 5.24. The summed E-state index contributed by atoms with van der Waals surface area (Å²) in [6.07, 6.45) is 16.2. The highest BCUT2D eigenvalue weighted by Crippen LogP contribution is 2.52. The van der Waals surface area contributed by atoms with Crippen LogP contribution < -0.4 is 11.5 Å². The second-order valence-corrected chi connectivity index (χ2v) is 16.1. The maximum atomic E-state index is 6.22. The molecule has 0 spiro atoms. The highest BCUT2D eigenvalue weighted by atomic mass is 16.5. The van der Waals surface area contributed by atoms with Crippen LogP contribution in [0.3, 0.4) is 0 Å². The molecule has 12 rings (SSSR count). The number of fused-ring (bicyclic) bond motifs is 6. The number of aromatic nitrogens is 12. The third-order valence-electron chi connectivity index (χ3n) is 12.1. The van der Waals surface area contributed by atoms with Crippen LogP contribution in [0.1, 0.15) is 100 Å². The van der Waals surface area contributed by atoms with E-state index in [1.165, 1.54) is 25.7 Å². The van der Waals surface area contributed by atoms with E-state index in [9.17, 15) is 0 Å². The minimum Gasteiger partial charge on any atom is -0.368 e. The van der Waals surface area contributed by atoms with Gasteiger partial charge in [0.15, 0.2) is 22.9 Å². The summed E-state index contributed by atoms with van der Waals surface area (Å²) in [4.78, 5) is 46.0. The lowest BCUT2D eigenvalue weighted by Crippen LogP contribution is -2.38. The predicted octanol–water partition coefficient (Wildman–Crippen LogP) is 4.80. The Kier molecular flexibility index (Phi) is 6.95. The SMILES string of the molecule is C[C@@]1(C2CC2)OCCn2c1nc1c(C3CC3)nc(-c3cnc(N)nc3)nc12.C[C@]1(C2CC2)OCCn2c1nc1c(C3CC3)nc(-c3cnc(N)nc3)nc12. The molecule has 6 aromatic rings. The smallest absolute Gasteiger partial charge is 0.219 e. The largest absolute Gasteiger partial charge is 0.368 e. The molecule has 0 radical (unpaired) electrons. The van der Waals surface area contributed by atoms with Gasteiger partial charge in [0.25, 0.3) is 0 Å². The van der Waals surface area contributed by atoms with Gasteiger partial charge < -0.3 is 30.1 Å². The maximum absolute atomic E-state index is 6.22. The standard InChI is InChI=1S/2C19H21N7O/c2*1-19(12-4-5-12)17-24-14-13(10-2-3-10)23-15(11-8-21-18(20)22-9-11)25-16(14)26(17)6-7-27-19/h2*8-10,12H,2-7H2,1H3,(H2,20,21,22)/t2*19-/m10/s1. The van der Waals surface area contributed by atoms with Crippen LogP contribution in [0.25, 0.3) is 45.1 Å². The van der Waals surface area contributed by atoms with Gasteiger partial charge in [0.1, 0.15) is 33.9 Å². The fourth-order valence-corrected chi connectivity index (χ4v) is 8.37. The van der Waals surface area contributed by atoms with Gasteiger partial charge in [-0.25, -0.2) is 49.8 Å². The molecule has 4 aliphatic carbocycles. The average Bonchev–Trinajstić information content (AvgIpc) is 3.99. The molecule has 4 saturated carbocycles. The Balaban J connectivity index is 0.000000126. The number of imidazole rings is 2. The normalized spacial score (nSPS) is 24.9. The number of anilines is 2. The topological polar surface area (TPSA) is 209 Å². The first-order chi connectivity index (χ1) is 26.3. The van der Waals surface area contributed by atoms with Crippen LogP contribution in [0.2, 0.25) is 0 Å². The molecule has 0 unspecified atom stereocenters. The molecule has 4 N–H and O–H groups in total. The molecule has 6 aliphatic rings. The zero-order valence-electron chi connectivity index (χ0n) is 30.4. The van der Waals surface area contributed by atoms with E-state index >= 15 is 0 Å². The summed E-state index contributed by atoms with van der Waals surface area (Å²) in [6, 6.07) is 0. The Morgan fingerprint density at radius 1 is 0.556 bits per heavy atom. The number of hydrogen-bond donors (Lipinski definition) is 2. The summed E-state index contributed by atoms with van der Waals surface area (Å²) in [5.74, 6) is 5.84. The Hall–Kier alpha value is -5.22. The number of hydrogen-bond acceptors (Lipinski definition) is 14. The Bertz CT molecular complexity index is 2280. The molecule has 16 nitrogen and oxygen atoms in total. The highest BCUT2D eigenvalue weighted by molar-refractivity contribution is 5.79. The maximum Gasteiger partial charge on any atom is 0.219 e. The quantitative estimate of drug-likeness (QED) is 0.236. The summed E-state index contributed by atoms with van der Waals surface area (Å²) in [7, 11) is 0. The lowest BCUT2D eigenvalue weighted by molar-refractivity contribution is -0.0831. The van der Waals surface area contributed by atoms with Crippen molar-refractivity contribution >= 4 is 34.2 Å². The highest BCUT2D eigenvalue weighted by Gasteiger charge is 2.50. The monoisotopic (exact) mass is 726 g/mol. The van der Waals surface area contributed by atoms with E-state index in [2.05, 4.69) is 42.9 Å². The predicted molar refractivity (Wildman–Crippen MR) is 198 cm³/mol. The van der Waals surface area contributed by atoms with E-state index < -0.39 is 0 Å². The van der Waals surface area contributed by atoms with Crippen molar-refractivity contribution in [3.63, 3.8) is 0 Å². The molecule has 0 bridgehead atoms. The minimum absolute atomic E-state index is 0.251. The van der Waals surface area contributed by atoms with Gasteiger partial charge in [-0.15, -0.1) is 0 Å². The lowest BCUT2D eigenvalue weighted by atomic mass is 9.98. The van der Waals surface area contributed by atoms with Gasteiger partial charge in [0, 0.05) is 49.7 Å². The fraction of sp³-hybridized carbons (Fsp3) is 0.526. The number of nitrogen functional groups attached to an aromatic ring is 2. The van der Waals surface area contributed by atoms with Crippen molar-refractivity contribution in [2.75, 3.05) is 24.7 Å². The second kappa shape index (κ2) is 11.6. The van der Waals surface area contributed by atoms with E-state index in [0.717, 1.165) is 95.3 Å². The van der Waals surface area contributed by atoms with Gasteiger partial charge in [-0.3, -0.25) is 0 Å². The van der Waals surface area contributed by atoms with Crippen LogP contribution in [0.4, 0.5) is 11.9 Å². The van der Waals surface area contributed by atoms with Crippen molar-refractivity contribution in [3.8, 4) is 22.8 Å². The molecule has 276 valence electrons. The van der Waals surface area contributed by atoms with E-state index in [1.54, 1.807) is 24.8 Å². The molecular formula is C38H42N14O2. The van der Waals surface area contributed by atoms with Crippen LogP contribution in [0.15, 0.2) is 24.8 Å². The number of nitrogens with zero attached hydrogens (tertiary/aromatic N) is 12. The zero-order valence-corrected chi connectivity index (χ0v) is 30.4. The summed E-state index contributed by atoms with van der Waals surface area (Å²) in [6.45, 7) is 7.28. The van der Waals surface area contributed by atoms with E-state index in [-0.39, 0.29) is 23.1 Å². The molecule has 0 amide bonds. The van der Waals surface area contributed by atoms with Crippen LogP contribution in [-0.2, 0) is 33.8 Å². The van der Waals surface area contributed by atoms with Crippen LogP contribution in [0.5, 0.6) is 0 Å². The summed E-state index contributed by atoms with van der Waals surface area (Å²) >= 11 is 0. The minimum atomic E-state index is -0.315. The molecule has 0 aromatic carbocycles. The van der Waals surface area contributed by atoms with Crippen molar-refractivity contribution in [1.82, 2.24) is 59.0 Å². The van der Waals surface area contributed by atoms with Crippen molar-refractivity contribution in [2.45, 2.75) is 101 Å². The molecule has 0 saturated heterocycles. The average molecular weight is 727 g/mol. The van der Waals surface area contributed by atoms with Crippen molar-refractivity contribution in [3.05, 3.63) is 47.8 Å². The van der Waals surface area contributed by atoms with Crippen LogP contribution in [-0.4, -0.2) is 72.2 Å². The van der Waals surface area contributed by atoms with Gasteiger partial charge in [-0.2, -0.15) is 0 Å². The molecular weight excluding hydrogens is 685 g/mol. The Morgan fingerprint density at radius 2 is 0.944 bits per heavy atom. The first kappa shape index (κ1) is 32.2. The summed E-state index contributed by atoms with van der Waals surface area (Å²) in [5.41, 5.74) is 18.0. The van der Waals surface area contributed by atoms with Crippen LogP contribution >= 0.6 is 0 Å². The van der Waals surface area contributed by atoms with Crippen molar-refractivity contribution in [1.29, 1.82) is 0 Å². The zero-order chi connectivity index (χ0) is 36.3. The lowest BCUT2D eigenvalue weighted by Gasteiger charge is -2.34. The van der Waals surface area contributed by atoms with Gasteiger partial charge >= 0.3 is 0 Å². The summed E-state index contributed by atoms with van der Waals surface area (Å²) in [5, 5.41) is 0. The first-order valence-electron chi connectivity index (χ1n) is 19.3. The fourth-order valence-electron chi connectivity index (χ4n) is 8.37. The molecule has 6 aromatic heterocycles. The second-order valence-electron chi connectivity index (χ2n) is 16.1. The molecule has 8 heterocycles. The number of nitrogens with two attached hydrogens (primary N) is 2. The van der Waals surface area contributed by atoms with Gasteiger partial charge in [-0.1, -0.05) is 0 Å². The Labute approximate surface area is 310 Å². The van der Waals surface area contributed by atoms with Gasteiger partial charge in [0.05, 0.1) is 35.7 Å². The third-order valence-corrected chi connectivity index (χ3v) is 12.1. The molecule has 4 fully saturated rings. The number of rotatable bonds is 6. The molecule has 54 heavy (non-hydrogen) atoms. The number of ether oxygens (including phenoxy) is 2. The van der Waals surface area contributed by atoms with Crippen molar-refractivity contribution in [2.24, 2.45) is 11.8 Å². The van der Waals surface area contributed by atoms with Crippen molar-refractivity contribution < 1.29 is 9.47 Å². The molecule has 16 heteroatoms. The Morgan fingerprint density at radius 3 is 1.30 bits per heavy atom. The van der Waals surface area contributed by atoms with Gasteiger partial charge in [-0.05, 0) is 77.0 Å². The van der Waals surface area contributed by atoms with E-state index in [0.29, 0.717) is 48.5 Å². The van der Waals surface area contributed by atoms with Crippen LogP contribution in [0, 0.1) is 11.8 Å². The molecule has 2 atom stereocenters. The summed E-state index contributed by atoms with van der Waals surface area (Å²) < 4.78 is 16.9. The van der Waals surface area contributed by atoms with Gasteiger partial charge in [0.2, 0.25) is 11.9 Å². The van der Waals surface area contributed by atoms with E-state index in [4.69, 9.17) is 50.8 Å². The molecule has 2 aliphatic heterocycles.